The molecule has 0 saturated carbocycles. The van der Waals surface area contributed by atoms with Crippen molar-refractivity contribution in [3.8, 4) is 0 Å². The highest BCUT2D eigenvalue weighted by Gasteiger charge is 2.33. The predicted octanol–water partition coefficient (Wildman–Crippen LogP) is 1.28. The summed E-state index contributed by atoms with van der Waals surface area (Å²) in [6.45, 7) is 4.26. The van der Waals surface area contributed by atoms with Crippen LogP contribution in [-0.4, -0.2) is 62.1 Å². The molecule has 8 nitrogen and oxygen atoms in total. The zero-order valence-electron chi connectivity index (χ0n) is 16.2. The van der Waals surface area contributed by atoms with Gasteiger partial charge >= 0.3 is 0 Å². The first-order chi connectivity index (χ1) is 12.6. The van der Waals surface area contributed by atoms with Gasteiger partial charge in [-0.1, -0.05) is 12.1 Å². The lowest BCUT2D eigenvalue weighted by atomic mass is 9.98. The normalized spacial score (nSPS) is 18.5. The summed E-state index contributed by atoms with van der Waals surface area (Å²) in [6, 6.07) is 6.77. The number of carbonyl (C=O) groups is 2. The average Bonchev–Trinajstić information content (AvgIpc) is 2.61. The molecular weight excluding hydrogens is 368 g/mol. The second kappa shape index (κ2) is 8.81. The van der Waals surface area contributed by atoms with Gasteiger partial charge in [0, 0.05) is 33.2 Å². The van der Waals surface area contributed by atoms with Gasteiger partial charge in [-0.3, -0.25) is 9.59 Å². The summed E-state index contributed by atoms with van der Waals surface area (Å²) in [5, 5.41) is 5.61. The van der Waals surface area contributed by atoms with Crippen LogP contribution in [-0.2, 0) is 15.0 Å². The quantitative estimate of drug-likeness (QED) is 0.757. The minimum absolute atomic E-state index is 0.0237. The Kier molecular flexibility index (Phi) is 6.96. The Morgan fingerprint density at radius 2 is 1.89 bits per heavy atom. The highest BCUT2D eigenvalue weighted by atomic mass is 32.2. The molecule has 0 aliphatic carbocycles. The fourth-order valence-electron chi connectivity index (χ4n) is 2.96. The van der Waals surface area contributed by atoms with E-state index >= 15 is 0 Å². The molecule has 0 aromatic heterocycles. The zero-order valence-corrected chi connectivity index (χ0v) is 17.0. The van der Waals surface area contributed by atoms with E-state index in [4.69, 9.17) is 0 Å². The maximum Gasteiger partial charge on any atom is 0.281 e. The summed E-state index contributed by atoms with van der Waals surface area (Å²) >= 11 is 0. The molecule has 2 rings (SSSR count). The van der Waals surface area contributed by atoms with Gasteiger partial charge in [0.05, 0.1) is 17.2 Å². The minimum atomic E-state index is -3.55. The third-order valence-corrected chi connectivity index (χ3v) is 6.30. The van der Waals surface area contributed by atoms with Crippen LogP contribution < -0.4 is 10.6 Å². The van der Waals surface area contributed by atoms with Crippen molar-refractivity contribution in [2.45, 2.75) is 32.7 Å². The van der Waals surface area contributed by atoms with Crippen LogP contribution >= 0.6 is 0 Å². The van der Waals surface area contributed by atoms with E-state index in [2.05, 4.69) is 10.6 Å². The Bertz CT molecular complexity index is 792. The van der Waals surface area contributed by atoms with E-state index in [1.165, 1.54) is 18.4 Å². The molecule has 1 fully saturated rings. The third kappa shape index (κ3) is 5.27. The summed E-state index contributed by atoms with van der Waals surface area (Å²) in [7, 11) is -0.602. The summed E-state index contributed by atoms with van der Waals surface area (Å²) in [5.41, 5.74) is 0.807. The van der Waals surface area contributed by atoms with Gasteiger partial charge in [-0.15, -0.1) is 0 Å². The second-order valence-electron chi connectivity index (χ2n) is 7.15. The lowest BCUT2D eigenvalue weighted by molar-refractivity contribution is -0.120. The molecular formula is C18H28N4O4S. The molecule has 1 aromatic rings. The molecule has 1 aromatic carbocycles. The molecule has 0 spiro atoms. The molecule has 1 saturated heterocycles. The lowest BCUT2D eigenvalue weighted by Crippen LogP contribution is -2.47. The van der Waals surface area contributed by atoms with E-state index < -0.39 is 16.1 Å². The Morgan fingerprint density at radius 1 is 1.22 bits per heavy atom. The van der Waals surface area contributed by atoms with Crippen molar-refractivity contribution in [3.63, 3.8) is 0 Å². The van der Waals surface area contributed by atoms with Crippen molar-refractivity contribution >= 4 is 27.7 Å². The topological polar surface area (TPSA) is 98.8 Å². The second-order valence-corrected chi connectivity index (χ2v) is 9.29. The van der Waals surface area contributed by atoms with Crippen molar-refractivity contribution in [2.75, 3.05) is 32.5 Å². The highest BCUT2D eigenvalue weighted by Crippen LogP contribution is 2.23. The standard InChI is InChI=1S/C18H28N4O4S/c1-13(2)19-18(24)15-9-5-6-10-16(15)20-17(23)14-8-7-11-22(12-14)27(25,26)21(3)4/h5-6,9-10,13-14H,7-8,11-12H2,1-4H3,(H,19,24)(H,20,23). The van der Waals surface area contributed by atoms with Crippen LogP contribution in [0.4, 0.5) is 5.69 Å². The molecule has 1 aliphatic heterocycles. The minimum Gasteiger partial charge on any atom is -0.350 e. The average molecular weight is 397 g/mol. The van der Waals surface area contributed by atoms with Gasteiger partial charge in [0.15, 0.2) is 0 Å². The largest absolute Gasteiger partial charge is 0.350 e. The molecule has 2 N–H and O–H groups in total. The Balaban J connectivity index is 2.13. The number of nitrogens with one attached hydrogen (secondary N) is 2. The molecule has 0 radical (unpaired) electrons. The number of para-hydroxylation sites is 1. The fraction of sp³-hybridized carbons (Fsp3) is 0.556. The molecule has 27 heavy (non-hydrogen) atoms. The number of rotatable bonds is 6. The Hall–Kier alpha value is -1.97. The molecule has 1 atom stereocenters. The van der Waals surface area contributed by atoms with Crippen LogP contribution in [0, 0.1) is 5.92 Å². The molecule has 150 valence electrons. The number of piperidine rings is 1. The first-order valence-electron chi connectivity index (χ1n) is 9.01. The fourth-order valence-corrected chi connectivity index (χ4v) is 4.15. The Labute approximate surface area is 161 Å². The zero-order chi connectivity index (χ0) is 20.2. The molecule has 1 unspecified atom stereocenters. The van der Waals surface area contributed by atoms with Crippen molar-refractivity contribution in [1.82, 2.24) is 13.9 Å². The van der Waals surface area contributed by atoms with Crippen molar-refractivity contribution < 1.29 is 18.0 Å². The lowest BCUT2D eigenvalue weighted by Gasteiger charge is -2.32. The number of carbonyl (C=O) groups excluding carboxylic acids is 2. The van der Waals surface area contributed by atoms with Gasteiger partial charge < -0.3 is 10.6 Å². The third-order valence-electron chi connectivity index (χ3n) is 4.39. The van der Waals surface area contributed by atoms with E-state index in [9.17, 15) is 18.0 Å². The summed E-state index contributed by atoms with van der Waals surface area (Å²) in [5.74, 6) is -1.01. The van der Waals surface area contributed by atoms with Gasteiger partial charge in [-0.25, -0.2) is 0 Å². The SMILES string of the molecule is CC(C)NC(=O)c1ccccc1NC(=O)C1CCCN(S(=O)(=O)N(C)C)C1. The molecule has 1 aliphatic rings. The van der Waals surface area contributed by atoms with Crippen LogP contribution in [0.2, 0.25) is 0 Å². The van der Waals surface area contributed by atoms with Gasteiger partial charge in [0.1, 0.15) is 0 Å². The number of hydrogen-bond acceptors (Lipinski definition) is 4. The summed E-state index contributed by atoms with van der Waals surface area (Å²) in [4.78, 5) is 25.1. The van der Waals surface area contributed by atoms with E-state index in [-0.39, 0.29) is 24.4 Å². The number of nitrogens with zero attached hydrogens (tertiary/aromatic N) is 2. The van der Waals surface area contributed by atoms with E-state index in [0.717, 1.165) is 4.31 Å². The van der Waals surface area contributed by atoms with Crippen LogP contribution in [0.3, 0.4) is 0 Å². The smallest absolute Gasteiger partial charge is 0.281 e. The van der Waals surface area contributed by atoms with E-state index in [1.54, 1.807) is 24.3 Å². The maximum atomic E-state index is 12.7. The Morgan fingerprint density at radius 3 is 2.52 bits per heavy atom. The highest BCUT2D eigenvalue weighted by molar-refractivity contribution is 7.86. The van der Waals surface area contributed by atoms with Crippen molar-refractivity contribution in [2.24, 2.45) is 5.92 Å². The molecule has 9 heteroatoms. The van der Waals surface area contributed by atoms with Crippen LogP contribution in [0.25, 0.3) is 0 Å². The van der Waals surface area contributed by atoms with Gasteiger partial charge in [-0.05, 0) is 38.8 Å². The van der Waals surface area contributed by atoms with Crippen LogP contribution in [0.1, 0.15) is 37.0 Å². The number of anilines is 1. The van der Waals surface area contributed by atoms with Crippen LogP contribution in [0.5, 0.6) is 0 Å². The van der Waals surface area contributed by atoms with Gasteiger partial charge in [-0.2, -0.15) is 17.0 Å². The number of amides is 2. The van der Waals surface area contributed by atoms with Crippen LogP contribution in [0.15, 0.2) is 24.3 Å². The molecule has 2 amide bonds. The first-order valence-corrected chi connectivity index (χ1v) is 10.4. The van der Waals surface area contributed by atoms with Crippen molar-refractivity contribution in [1.29, 1.82) is 0 Å². The van der Waals surface area contributed by atoms with Gasteiger partial charge in [0.25, 0.3) is 16.1 Å². The predicted molar refractivity (Wildman–Crippen MR) is 105 cm³/mol. The summed E-state index contributed by atoms with van der Waals surface area (Å²) in [6.07, 6.45) is 1.21. The first kappa shape index (κ1) is 21.3. The number of benzene rings is 1. The van der Waals surface area contributed by atoms with Crippen molar-refractivity contribution in [3.05, 3.63) is 29.8 Å². The molecule has 1 heterocycles. The summed E-state index contributed by atoms with van der Waals surface area (Å²) < 4.78 is 27.1. The molecule has 0 bridgehead atoms. The number of hydrogen-bond donors (Lipinski definition) is 2. The van der Waals surface area contributed by atoms with Gasteiger partial charge in [0.2, 0.25) is 5.91 Å². The van der Waals surface area contributed by atoms with E-state index in [0.29, 0.717) is 30.6 Å². The van der Waals surface area contributed by atoms with E-state index in [1.807, 2.05) is 13.8 Å². The maximum absolute atomic E-state index is 12.7. The monoisotopic (exact) mass is 396 g/mol.